The van der Waals surface area contributed by atoms with E-state index < -0.39 is 0 Å². The Morgan fingerprint density at radius 3 is 2.60 bits per heavy atom. The molecule has 0 aliphatic rings. The molecule has 0 bridgehead atoms. The van der Waals surface area contributed by atoms with Crippen molar-refractivity contribution in [1.82, 2.24) is 5.16 Å². The van der Waals surface area contributed by atoms with Gasteiger partial charge in [0.05, 0.1) is 12.7 Å². The number of hydrogen-bond acceptors (Lipinski definition) is 4. The van der Waals surface area contributed by atoms with Crippen molar-refractivity contribution in [2.75, 3.05) is 12.8 Å². The lowest BCUT2D eigenvalue weighted by molar-refractivity contribution is 0.356. The molecule has 0 unspecified atom stereocenters. The number of nitrogens with two attached hydrogens (primary N) is 1. The standard InChI is InChI=1S/C16H22N2O2/c1-5-11(6-2)15-14(16(17)18-20-15)12-8-7-10(3)13(9-12)19-4/h7-9,11H,5-6H2,1-4H3,(H2,17,18). The number of aromatic nitrogens is 1. The van der Waals surface area contributed by atoms with Gasteiger partial charge in [0.25, 0.3) is 0 Å². The Morgan fingerprint density at radius 2 is 2.00 bits per heavy atom. The van der Waals surface area contributed by atoms with Gasteiger partial charge in [0.15, 0.2) is 5.82 Å². The highest BCUT2D eigenvalue weighted by Gasteiger charge is 2.22. The van der Waals surface area contributed by atoms with Crippen LogP contribution < -0.4 is 10.5 Å². The second-order valence-corrected chi connectivity index (χ2v) is 5.00. The molecule has 108 valence electrons. The summed E-state index contributed by atoms with van der Waals surface area (Å²) in [6.45, 7) is 6.31. The fourth-order valence-electron chi connectivity index (χ4n) is 2.52. The molecule has 1 heterocycles. The van der Waals surface area contributed by atoms with Gasteiger partial charge in [-0.15, -0.1) is 0 Å². The number of rotatable bonds is 5. The van der Waals surface area contributed by atoms with Crippen LogP contribution in [0.5, 0.6) is 5.75 Å². The molecule has 0 aliphatic carbocycles. The zero-order valence-electron chi connectivity index (χ0n) is 12.6. The summed E-state index contributed by atoms with van der Waals surface area (Å²) in [6, 6.07) is 6.05. The largest absolute Gasteiger partial charge is 0.496 e. The van der Waals surface area contributed by atoms with Crippen molar-refractivity contribution in [3.05, 3.63) is 29.5 Å². The minimum atomic E-state index is 0.335. The number of nitrogens with zero attached hydrogens (tertiary/aromatic N) is 1. The fourth-order valence-corrected chi connectivity index (χ4v) is 2.52. The normalized spacial score (nSPS) is 11.1. The van der Waals surface area contributed by atoms with Crippen LogP contribution in [0.15, 0.2) is 22.7 Å². The predicted octanol–water partition coefficient (Wildman–Crippen LogP) is 4.14. The number of nitrogen functional groups attached to an aromatic ring is 1. The van der Waals surface area contributed by atoms with Gasteiger partial charge in [-0.2, -0.15) is 0 Å². The van der Waals surface area contributed by atoms with Gasteiger partial charge in [0, 0.05) is 5.92 Å². The molecule has 2 aromatic rings. The number of anilines is 1. The van der Waals surface area contributed by atoms with Crippen molar-refractivity contribution >= 4 is 5.82 Å². The van der Waals surface area contributed by atoms with Gasteiger partial charge < -0.3 is 15.0 Å². The van der Waals surface area contributed by atoms with Crippen LogP contribution >= 0.6 is 0 Å². The molecule has 0 aliphatic heterocycles. The van der Waals surface area contributed by atoms with Crippen molar-refractivity contribution in [3.63, 3.8) is 0 Å². The lowest BCUT2D eigenvalue weighted by Gasteiger charge is -2.12. The van der Waals surface area contributed by atoms with E-state index in [-0.39, 0.29) is 0 Å². The summed E-state index contributed by atoms with van der Waals surface area (Å²) in [5.74, 6) is 2.50. The third kappa shape index (κ3) is 2.50. The minimum absolute atomic E-state index is 0.335. The summed E-state index contributed by atoms with van der Waals surface area (Å²) in [5.41, 5.74) is 8.99. The maximum Gasteiger partial charge on any atom is 0.175 e. The van der Waals surface area contributed by atoms with E-state index >= 15 is 0 Å². The number of ether oxygens (including phenoxy) is 1. The topological polar surface area (TPSA) is 61.3 Å². The molecule has 0 fully saturated rings. The van der Waals surface area contributed by atoms with Crippen LogP contribution in [0.3, 0.4) is 0 Å². The molecule has 0 amide bonds. The Balaban J connectivity index is 2.54. The molecule has 0 atom stereocenters. The lowest BCUT2D eigenvalue weighted by Crippen LogP contribution is -1.98. The Morgan fingerprint density at radius 1 is 1.30 bits per heavy atom. The third-order valence-corrected chi connectivity index (χ3v) is 3.80. The Hall–Kier alpha value is -1.97. The van der Waals surface area contributed by atoms with Gasteiger partial charge >= 0.3 is 0 Å². The summed E-state index contributed by atoms with van der Waals surface area (Å²) in [5, 5.41) is 3.95. The van der Waals surface area contributed by atoms with E-state index in [1.54, 1.807) is 7.11 Å². The van der Waals surface area contributed by atoms with Crippen LogP contribution in [0.25, 0.3) is 11.1 Å². The molecule has 0 saturated carbocycles. The van der Waals surface area contributed by atoms with Crippen LogP contribution in [-0.2, 0) is 0 Å². The SMILES string of the molecule is CCC(CC)c1onc(N)c1-c1ccc(C)c(OC)c1. The van der Waals surface area contributed by atoms with E-state index in [9.17, 15) is 0 Å². The lowest BCUT2D eigenvalue weighted by atomic mass is 9.93. The van der Waals surface area contributed by atoms with Crippen molar-refractivity contribution < 1.29 is 9.26 Å². The molecule has 4 nitrogen and oxygen atoms in total. The van der Waals surface area contributed by atoms with Crippen molar-refractivity contribution in [3.8, 4) is 16.9 Å². The van der Waals surface area contributed by atoms with E-state index in [4.69, 9.17) is 15.0 Å². The zero-order valence-corrected chi connectivity index (χ0v) is 12.6. The van der Waals surface area contributed by atoms with Gasteiger partial charge in [0.1, 0.15) is 11.5 Å². The maximum absolute atomic E-state index is 6.00. The summed E-state index contributed by atoms with van der Waals surface area (Å²) in [7, 11) is 1.67. The molecule has 0 spiro atoms. The quantitative estimate of drug-likeness (QED) is 0.890. The van der Waals surface area contributed by atoms with Crippen LogP contribution in [0, 0.1) is 6.92 Å². The van der Waals surface area contributed by atoms with Crippen LogP contribution in [0.2, 0.25) is 0 Å². The third-order valence-electron chi connectivity index (χ3n) is 3.80. The molecule has 20 heavy (non-hydrogen) atoms. The number of methoxy groups -OCH3 is 1. The van der Waals surface area contributed by atoms with E-state index in [2.05, 4.69) is 19.0 Å². The first-order valence-corrected chi connectivity index (χ1v) is 7.02. The summed E-state index contributed by atoms with van der Waals surface area (Å²) >= 11 is 0. The van der Waals surface area contributed by atoms with Crippen molar-refractivity contribution in [2.45, 2.75) is 39.5 Å². The number of hydrogen-bond donors (Lipinski definition) is 1. The van der Waals surface area contributed by atoms with E-state index in [1.807, 2.05) is 25.1 Å². The first-order valence-electron chi connectivity index (χ1n) is 7.02. The van der Waals surface area contributed by atoms with E-state index in [0.717, 1.165) is 41.0 Å². The number of benzene rings is 1. The average molecular weight is 274 g/mol. The van der Waals surface area contributed by atoms with Crippen LogP contribution in [-0.4, -0.2) is 12.3 Å². The van der Waals surface area contributed by atoms with E-state index in [0.29, 0.717) is 11.7 Å². The van der Waals surface area contributed by atoms with Crippen molar-refractivity contribution in [1.29, 1.82) is 0 Å². The highest BCUT2D eigenvalue weighted by atomic mass is 16.5. The zero-order chi connectivity index (χ0) is 14.7. The highest BCUT2D eigenvalue weighted by molar-refractivity contribution is 5.77. The molecule has 0 saturated heterocycles. The second-order valence-electron chi connectivity index (χ2n) is 5.00. The second kappa shape index (κ2) is 5.99. The van der Waals surface area contributed by atoms with Crippen LogP contribution in [0.4, 0.5) is 5.82 Å². The average Bonchev–Trinajstić information content (AvgIpc) is 2.83. The molecule has 1 aromatic carbocycles. The Kier molecular flexibility index (Phi) is 4.32. The minimum Gasteiger partial charge on any atom is -0.496 e. The Labute approximate surface area is 119 Å². The summed E-state index contributed by atoms with van der Waals surface area (Å²) in [6.07, 6.45) is 2.00. The van der Waals surface area contributed by atoms with Gasteiger partial charge in [-0.3, -0.25) is 0 Å². The van der Waals surface area contributed by atoms with Gasteiger partial charge in [-0.1, -0.05) is 31.1 Å². The van der Waals surface area contributed by atoms with Crippen LogP contribution in [0.1, 0.15) is 43.9 Å². The maximum atomic E-state index is 6.00. The first kappa shape index (κ1) is 14.4. The molecule has 0 radical (unpaired) electrons. The molecule has 2 rings (SSSR count). The number of aryl methyl sites for hydroxylation is 1. The molecular weight excluding hydrogens is 252 g/mol. The predicted molar refractivity (Wildman–Crippen MR) is 81.0 cm³/mol. The monoisotopic (exact) mass is 274 g/mol. The Bertz CT molecular complexity index is 586. The van der Waals surface area contributed by atoms with Crippen molar-refractivity contribution in [2.24, 2.45) is 0 Å². The molecular formula is C16H22N2O2. The molecule has 4 heteroatoms. The smallest absolute Gasteiger partial charge is 0.175 e. The fraction of sp³-hybridized carbons (Fsp3) is 0.438. The highest BCUT2D eigenvalue weighted by Crippen LogP contribution is 2.38. The summed E-state index contributed by atoms with van der Waals surface area (Å²) < 4.78 is 10.9. The van der Waals surface area contributed by atoms with Gasteiger partial charge in [-0.25, -0.2) is 0 Å². The molecule has 2 N–H and O–H groups in total. The van der Waals surface area contributed by atoms with Gasteiger partial charge in [-0.05, 0) is 37.0 Å². The summed E-state index contributed by atoms with van der Waals surface area (Å²) in [4.78, 5) is 0. The van der Waals surface area contributed by atoms with E-state index in [1.165, 1.54) is 0 Å². The first-order chi connectivity index (χ1) is 9.62. The molecule has 1 aromatic heterocycles. The van der Waals surface area contributed by atoms with Gasteiger partial charge in [0.2, 0.25) is 0 Å².